The number of hydrogen-bond acceptors (Lipinski definition) is 1. The molecule has 0 atom stereocenters. The van der Waals surface area contributed by atoms with E-state index in [4.69, 9.17) is 0 Å². The van der Waals surface area contributed by atoms with Gasteiger partial charge in [-0.05, 0) is 18.6 Å². The van der Waals surface area contributed by atoms with Crippen molar-refractivity contribution < 1.29 is 4.80 Å². The average Bonchev–Trinajstić information content (AvgIpc) is 1.31. The Morgan fingerprint density at radius 1 is 1.29 bits per heavy atom. The molecule has 1 N–H and O–H groups in total. The summed E-state index contributed by atoms with van der Waals surface area (Å²) in [6, 6.07) is 0. The highest BCUT2D eigenvalue weighted by molar-refractivity contribution is 6.71. The third-order valence-corrected chi connectivity index (χ3v) is 4.24. The highest BCUT2D eigenvalue weighted by atomic mass is 28.4. The van der Waals surface area contributed by atoms with Crippen molar-refractivity contribution in [2.24, 2.45) is 0 Å². The molecular formula is C5H14OSi. The molecule has 0 fully saturated rings. The third-order valence-electron chi connectivity index (χ3n) is 1.41. The normalized spacial score (nSPS) is 12.9. The van der Waals surface area contributed by atoms with Crippen molar-refractivity contribution in [1.82, 2.24) is 0 Å². The molecule has 0 bridgehead atoms. The maximum absolute atomic E-state index is 9.23. The van der Waals surface area contributed by atoms with Crippen LogP contribution in [0.4, 0.5) is 0 Å². The van der Waals surface area contributed by atoms with Gasteiger partial charge in [-0.15, -0.1) is 0 Å². The minimum absolute atomic E-state index is 0.493. The second-order valence-electron chi connectivity index (χ2n) is 2.81. The summed E-state index contributed by atoms with van der Waals surface area (Å²) in [6.45, 7) is 8.04. The Bertz CT molecular complexity index is 53.6. The van der Waals surface area contributed by atoms with Gasteiger partial charge in [0.05, 0.1) is 0 Å². The zero-order valence-corrected chi connectivity index (χ0v) is 6.52. The molecule has 0 heterocycles. The van der Waals surface area contributed by atoms with Crippen LogP contribution in [0.3, 0.4) is 0 Å². The van der Waals surface area contributed by atoms with E-state index in [0.29, 0.717) is 5.54 Å². The largest absolute Gasteiger partial charge is 0.432 e. The van der Waals surface area contributed by atoms with Crippen LogP contribution in [0.15, 0.2) is 0 Å². The second-order valence-corrected chi connectivity index (χ2v) is 7.27. The summed E-state index contributed by atoms with van der Waals surface area (Å²) in [4.78, 5) is 9.23. The van der Waals surface area contributed by atoms with Crippen LogP contribution in [0.2, 0.25) is 18.6 Å². The lowest BCUT2D eigenvalue weighted by Gasteiger charge is -2.17. The van der Waals surface area contributed by atoms with Gasteiger partial charge < -0.3 is 4.80 Å². The molecule has 0 spiro atoms. The molecule has 0 saturated heterocycles. The Morgan fingerprint density at radius 2 is 1.43 bits per heavy atom. The smallest absolute Gasteiger partial charge is 0.185 e. The zero-order chi connectivity index (χ0) is 6.08. The first kappa shape index (κ1) is 7.18. The van der Waals surface area contributed by atoms with E-state index in [1.807, 2.05) is 13.1 Å². The molecule has 0 aromatic rings. The molecule has 7 heavy (non-hydrogen) atoms. The van der Waals surface area contributed by atoms with E-state index < -0.39 is 8.32 Å². The fourth-order valence-electron chi connectivity index (χ4n) is 0. The van der Waals surface area contributed by atoms with Crippen LogP contribution in [0, 0.1) is 0 Å². The lowest BCUT2D eigenvalue weighted by Crippen LogP contribution is -2.28. The SMILES string of the molecule is CC(C)[Si](C)(C)O. The molecule has 0 aromatic carbocycles. The van der Waals surface area contributed by atoms with Crippen molar-refractivity contribution in [3.63, 3.8) is 0 Å². The highest BCUT2D eigenvalue weighted by Gasteiger charge is 2.20. The van der Waals surface area contributed by atoms with Gasteiger partial charge in [0.2, 0.25) is 0 Å². The fourth-order valence-corrected chi connectivity index (χ4v) is 0. The Kier molecular flexibility index (Phi) is 2.02. The quantitative estimate of drug-likeness (QED) is 0.518. The number of rotatable bonds is 1. The van der Waals surface area contributed by atoms with Crippen LogP contribution >= 0.6 is 0 Å². The van der Waals surface area contributed by atoms with Crippen LogP contribution in [0.5, 0.6) is 0 Å². The van der Waals surface area contributed by atoms with Crippen LogP contribution < -0.4 is 0 Å². The Balaban J connectivity index is 3.54. The molecule has 0 aliphatic carbocycles. The predicted octanol–water partition coefficient (Wildman–Crippen LogP) is 1.59. The summed E-state index contributed by atoms with van der Waals surface area (Å²) in [5.74, 6) is 0. The van der Waals surface area contributed by atoms with Crippen molar-refractivity contribution in [3.8, 4) is 0 Å². The van der Waals surface area contributed by atoms with Crippen molar-refractivity contribution in [3.05, 3.63) is 0 Å². The van der Waals surface area contributed by atoms with Crippen LogP contribution in [0.1, 0.15) is 13.8 Å². The molecule has 0 aromatic heterocycles. The second kappa shape index (κ2) is 1.97. The molecule has 44 valence electrons. The van der Waals surface area contributed by atoms with Gasteiger partial charge in [0.25, 0.3) is 0 Å². The van der Waals surface area contributed by atoms with Crippen molar-refractivity contribution >= 4 is 8.32 Å². The summed E-state index contributed by atoms with van der Waals surface area (Å²) < 4.78 is 0. The van der Waals surface area contributed by atoms with E-state index in [9.17, 15) is 4.80 Å². The van der Waals surface area contributed by atoms with Crippen LogP contribution in [-0.4, -0.2) is 13.1 Å². The van der Waals surface area contributed by atoms with E-state index in [-0.39, 0.29) is 0 Å². The van der Waals surface area contributed by atoms with Gasteiger partial charge in [-0.3, -0.25) is 0 Å². The molecule has 0 saturated carbocycles. The first-order valence-electron chi connectivity index (χ1n) is 2.67. The standard InChI is InChI=1S/C5H14OSi/c1-5(2)7(3,4)6/h5-6H,1-4H3. The molecule has 0 unspecified atom stereocenters. The summed E-state index contributed by atoms with van der Waals surface area (Å²) >= 11 is 0. The molecule has 0 aliphatic rings. The zero-order valence-electron chi connectivity index (χ0n) is 5.52. The Labute approximate surface area is 46.5 Å². The van der Waals surface area contributed by atoms with Gasteiger partial charge >= 0.3 is 0 Å². The van der Waals surface area contributed by atoms with Crippen molar-refractivity contribution in [2.45, 2.75) is 32.5 Å². The molecule has 2 heteroatoms. The van der Waals surface area contributed by atoms with E-state index in [1.165, 1.54) is 0 Å². The van der Waals surface area contributed by atoms with E-state index in [2.05, 4.69) is 13.8 Å². The van der Waals surface area contributed by atoms with Gasteiger partial charge in [-0.1, -0.05) is 13.8 Å². The van der Waals surface area contributed by atoms with Gasteiger partial charge in [-0.25, -0.2) is 0 Å². The van der Waals surface area contributed by atoms with Crippen molar-refractivity contribution in [1.29, 1.82) is 0 Å². The molecule has 0 aliphatic heterocycles. The van der Waals surface area contributed by atoms with E-state index in [0.717, 1.165) is 0 Å². The molecule has 0 rings (SSSR count). The molecule has 0 radical (unpaired) electrons. The first-order chi connectivity index (χ1) is 2.94. The number of hydrogen-bond donors (Lipinski definition) is 1. The van der Waals surface area contributed by atoms with E-state index >= 15 is 0 Å². The third kappa shape index (κ3) is 2.82. The maximum atomic E-state index is 9.23. The lowest BCUT2D eigenvalue weighted by molar-refractivity contribution is 0.532. The highest BCUT2D eigenvalue weighted by Crippen LogP contribution is 2.15. The molecule has 1 nitrogen and oxygen atoms in total. The minimum atomic E-state index is -1.73. The molecular weight excluding hydrogens is 104 g/mol. The summed E-state index contributed by atoms with van der Waals surface area (Å²) in [5.41, 5.74) is 0.493. The monoisotopic (exact) mass is 118 g/mol. The van der Waals surface area contributed by atoms with Crippen LogP contribution in [0.25, 0.3) is 0 Å². The van der Waals surface area contributed by atoms with Gasteiger partial charge in [0.1, 0.15) is 0 Å². The van der Waals surface area contributed by atoms with E-state index in [1.54, 1.807) is 0 Å². The average molecular weight is 118 g/mol. The Hall–Kier alpha value is 0.177. The molecule has 0 amide bonds. The Morgan fingerprint density at radius 3 is 1.43 bits per heavy atom. The van der Waals surface area contributed by atoms with Crippen LogP contribution in [-0.2, 0) is 0 Å². The first-order valence-corrected chi connectivity index (χ1v) is 5.69. The minimum Gasteiger partial charge on any atom is -0.432 e. The lowest BCUT2D eigenvalue weighted by atomic mass is 10.6. The predicted molar refractivity (Wildman–Crippen MR) is 34.8 cm³/mol. The van der Waals surface area contributed by atoms with Gasteiger partial charge in [0, 0.05) is 0 Å². The topological polar surface area (TPSA) is 20.2 Å². The summed E-state index contributed by atoms with van der Waals surface area (Å²) in [5, 5.41) is 0. The van der Waals surface area contributed by atoms with Gasteiger partial charge in [0.15, 0.2) is 8.32 Å². The fraction of sp³-hybridized carbons (Fsp3) is 1.00. The maximum Gasteiger partial charge on any atom is 0.185 e. The summed E-state index contributed by atoms with van der Waals surface area (Å²) in [6.07, 6.45) is 0. The van der Waals surface area contributed by atoms with Crippen molar-refractivity contribution in [2.75, 3.05) is 0 Å². The van der Waals surface area contributed by atoms with Gasteiger partial charge in [-0.2, -0.15) is 0 Å². The summed E-state index contributed by atoms with van der Waals surface area (Å²) in [7, 11) is -1.73.